The maximum absolute atomic E-state index is 3.85. The zero-order valence-electron chi connectivity index (χ0n) is 7.75. The molecule has 0 aromatic carbocycles. The first kappa shape index (κ1) is 10.6. The number of nitrogens with zero attached hydrogens (tertiary/aromatic N) is 1. The molecule has 0 aromatic rings. The van der Waals surface area contributed by atoms with Crippen LogP contribution in [0.15, 0.2) is 53.2 Å². The van der Waals surface area contributed by atoms with Crippen molar-refractivity contribution in [2.24, 2.45) is 4.99 Å². The maximum Gasteiger partial charge on any atom is 0.0688 e. The van der Waals surface area contributed by atoms with Crippen molar-refractivity contribution < 1.29 is 0 Å². The fourth-order valence-corrected chi connectivity index (χ4v) is 0.859. The molecule has 0 heterocycles. The van der Waals surface area contributed by atoms with Gasteiger partial charge in [-0.1, -0.05) is 30.9 Å². The molecule has 1 nitrogen and oxygen atoms in total. The highest BCUT2D eigenvalue weighted by atomic mass is 14.7. The molecule has 0 aliphatic carbocycles. The van der Waals surface area contributed by atoms with E-state index in [4.69, 9.17) is 0 Å². The summed E-state index contributed by atoms with van der Waals surface area (Å²) in [6, 6.07) is 0. The van der Waals surface area contributed by atoms with E-state index in [2.05, 4.69) is 18.3 Å². The minimum Gasteiger partial charge on any atom is -0.264 e. The Kier molecular flexibility index (Phi) is 5.62. The van der Waals surface area contributed by atoms with Crippen LogP contribution in [-0.2, 0) is 0 Å². The molecule has 0 radical (unpaired) electrons. The van der Waals surface area contributed by atoms with Crippen LogP contribution in [0.4, 0.5) is 0 Å². The lowest BCUT2D eigenvalue weighted by Gasteiger charge is -1.97. The Morgan fingerprint density at radius 3 is 1.92 bits per heavy atom. The number of hydrogen-bond acceptors (Lipinski definition) is 1. The van der Waals surface area contributed by atoms with Gasteiger partial charge in [0.25, 0.3) is 0 Å². The molecule has 0 amide bonds. The number of aliphatic imine (C=N–C) groups is 1. The lowest BCUT2D eigenvalue weighted by molar-refractivity contribution is 1.38. The summed E-state index contributed by atoms with van der Waals surface area (Å²) in [6.07, 6.45) is 9.58. The zero-order chi connectivity index (χ0) is 9.40. The molecule has 0 N–H and O–H groups in total. The van der Waals surface area contributed by atoms with Crippen molar-refractivity contribution in [3.05, 3.63) is 48.2 Å². The Bertz CT molecular complexity index is 218. The van der Waals surface area contributed by atoms with E-state index < -0.39 is 0 Å². The Hall–Kier alpha value is -1.37. The Morgan fingerprint density at radius 2 is 1.67 bits per heavy atom. The van der Waals surface area contributed by atoms with E-state index >= 15 is 0 Å². The molecule has 64 valence electrons. The molecule has 0 aliphatic rings. The molecule has 0 unspecified atom stereocenters. The standard InChI is InChI=1S/C11H15N/c1-5-8-10(9-6-2)11(7-3)12-4/h5-9H,3-4H2,1-2H3/b8-5-,9-6-. The predicted molar refractivity (Wildman–Crippen MR) is 56.4 cm³/mol. The SMILES string of the molecule is C=CC(N=C)=C(/C=C\C)/C=C\C. The lowest BCUT2D eigenvalue weighted by Crippen LogP contribution is -1.78. The summed E-state index contributed by atoms with van der Waals surface area (Å²) in [5, 5.41) is 0. The van der Waals surface area contributed by atoms with E-state index in [1.807, 2.05) is 38.2 Å². The van der Waals surface area contributed by atoms with Gasteiger partial charge in [0.2, 0.25) is 0 Å². The van der Waals surface area contributed by atoms with E-state index in [9.17, 15) is 0 Å². The monoisotopic (exact) mass is 161 g/mol. The van der Waals surface area contributed by atoms with Crippen LogP contribution in [-0.4, -0.2) is 6.72 Å². The molecule has 0 fully saturated rings. The Balaban J connectivity index is 5.00. The molecule has 0 spiro atoms. The summed E-state index contributed by atoms with van der Waals surface area (Å²) in [4.78, 5) is 3.85. The van der Waals surface area contributed by atoms with Gasteiger partial charge in [-0.25, -0.2) is 0 Å². The van der Waals surface area contributed by atoms with Crippen molar-refractivity contribution in [1.29, 1.82) is 0 Å². The molecule has 0 aromatic heterocycles. The van der Waals surface area contributed by atoms with Crippen LogP contribution in [0.25, 0.3) is 0 Å². The van der Waals surface area contributed by atoms with Crippen LogP contribution in [0.3, 0.4) is 0 Å². The van der Waals surface area contributed by atoms with Crippen LogP contribution < -0.4 is 0 Å². The van der Waals surface area contributed by atoms with Gasteiger partial charge < -0.3 is 0 Å². The van der Waals surface area contributed by atoms with E-state index in [-0.39, 0.29) is 0 Å². The largest absolute Gasteiger partial charge is 0.264 e. The highest BCUT2D eigenvalue weighted by Crippen LogP contribution is 2.09. The lowest BCUT2D eigenvalue weighted by atomic mass is 10.1. The van der Waals surface area contributed by atoms with Crippen molar-refractivity contribution in [1.82, 2.24) is 0 Å². The quantitative estimate of drug-likeness (QED) is 0.443. The predicted octanol–water partition coefficient (Wildman–Crippen LogP) is 3.28. The van der Waals surface area contributed by atoms with E-state index in [1.54, 1.807) is 6.08 Å². The molecular formula is C11H15N. The first-order valence-corrected chi connectivity index (χ1v) is 3.89. The second-order valence-corrected chi connectivity index (χ2v) is 2.20. The van der Waals surface area contributed by atoms with Crippen LogP contribution in [0, 0.1) is 0 Å². The van der Waals surface area contributed by atoms with Gasteiger partial charge in [-0.2, -0.15) is 0 Å². The second kappa shape index (κ2) is 6.35. The topological polar surface area (TPSA) is 12.4 Å². The average Bonchev–Trinajstić information content (AvgIpc) is 2.07. The highest BCUT2D eigenvalue weighted by molar-refractivity contribution is 5.43. The van der Waals surface area contributed by atoms with Crippen molar-refractivity contribution in [2.45, 2.75) is 13.8 Å². The van der Waals surface area contributed by atoms with Crippen molar-refractivity contribution >= 4 is 6.72 Å². The Labute approximate surface area is 74.5 Å². The molecule has 0 atom stereocenters. The fourth-order valence-electron chi connectivity index (χ4n) is 0.859. The molecule has 0 rings (SSSR count). The van der Waals surface area contributed by atoms with E-state index in [1.165, 1.54) is 0 Å². The minimum absolute atomic E-state index is 0.811. The molecule has 0 aliphatic heterocycles. The zero-order valence-corrected chi connectivity index (χ0v) is 7.75. The van der Waals surface area contributed by atoms with Crippen molar-refractivity contribution in [2.75, 3.05) is 0 Å². The highest BCUT2D eigenvalue weighted by Gasteiger charge is 1.92. The third-order valence-corrected chi connectivity index (χ3v) is 1.35. The third kappa shape index (κ3) is 3.15. The summed E-state index contributed by atoms with van der Waals surface area (Å²) in [6.45, 7) is 11.1. The van der Waals surface area contributed by atoms with E-state index in [0.29, 0.717) is 0 Å². The molecule has 0 saturated carbocycles. The molecule has 1 heteroatoms. The number of allylic oxidation sites excluding steroid dienone is 6. The summed E-state index contributed by atoms with van der Waals surface area (Å²) in [5.41, 5.74) is 1.84. The van der Waals surface area contributed by atoms with Gasteiger partial charge in [0.05, 0.1) is 5.70 Å². The van der Waals surface area contributed by atoms with Crippen LogP contribution >= 0.6 is 0 Å². The van der Waals surface area contributed by atoms with Gasteiger partial charge in [0.15, 0.2) is 0 Å². The van der Waals surface area contributed by atoms with Gasteiger partial charge >= 0.3 is 0 Å². The smallest absolute Gasteiger partial charge is 0.0688 e. The molecule has 0 saturated heterocycles. The average molecular weight is 161 g/mol. The summed E-state index contributed by atoms with van der Waals surface area (Å²) in [5.74, 6) is 0. The van der Waals surface area contributed by atoms with Crippen molar-refractivity contribution in [3.63, 3.8) is 0 Å². The number of rotatable bonds is 4. The fraction of sp³-hybridized carbons (Fsp3) is 0.182. The minimum atomic E-state index is 0.811. The van der Waals surface area contributed by atoms with Crippen LogP contribution in [0.5, 0.6) is 0 Å². The maximum atomic E-state index is 3.85. The van der Waals surface area contributed by atoms with Crippen LogP contribution in [0.2, 0.25) is 0 Å². The van der Waals surface area contributed by atoms with Crippen molar-refractivity contribution in [3.8, 4) is 0 Å². The van der Waals surface area contributed by atoms with Gasteiger partial charge in [-0.3, -0.25) is 4.99 Å². The summed E-state index contributed by atoms with van der Waals surface area (Å²) < 4.78 is 0. The second-order valence-electron chi connectivity index (χ2n) is 2.20. The normalized spacial score (nSPS) is 10.5. The van der Waals surface area contributed by atoms with Gasteiger partial charge in [-0.05, 0) is 32.2 Å². The molecule has 0 bridgehead atoms. The van der Waals surface area contributed by atoms with Gasteiger partial charge in [-0.15, -0.1) is 0 Å². The summed E-state index contributed by atoms with van der Waals surface area (Å²) >= 11 is 0. The molecule has 12 heavy (non-hydrogen) atoms. The Morgan fingerprint density at radius 1 is 1.17 bits per heavy atom. The van der Waals surface area contributed by atoms with Gasteiger partial charge in [0, 0.05) is 0 Å². The first-order valence-electron chi connectivity index (χ1n) is 3.89. The van der Waals surface area contributed by atoms with Crippen LogP contribution in [0.1, 0.15) is 13.8 Å². The van der Waals surface area contributed by atoms with Gasteiger partial charge in [0.1, 0.15) is 0 Å². The first-order chi connectivity index (χ1) is 5.79. The third-order valence-electron chi connectivity index (χ3n) is 1.35. The number of hydrogen-bond donors (Lipinski definition) is 0. The molecular weight excluding hydrogens is 146 g/mol. The van der Waals surface area contributed by atoms with E-state index in [0.717, 1.165) is 11.3 Å². The summed E-state index contributed by atoms with van der Waals surface area (Å²) in [7, 11) is 0.